The molecule has 5 heteroatoms. The van der Waals surface area contributed by atoms with Crippen LogP contribution in [-0.2, 0) is 4.74 Å². The predicted octanol–water partition coefficient (Wildman–Crippen LogP) is 0.146. The van der Waals surface area contributed by atoms with Crippen LogP contribution in [0.5, 0.6) is 0 Å². The Morgan fingerprint density at radius 3 is 3.14 bits per heavy atom. The molecule has 1 aromatic heterocycles. The number of ether oxygens (including phenoxy) is 1. The number of morpholine rings is 1. The van der Waals surface area contributed by atoms with Gasteiger partial charge in [-0.25, -0.2) is 4.98 Å². The first-order chi connectivity index (χ1) is 6.91. The van der Waals surface area contributed by atoms with Crippen LogP contribution in [0.3, 0.4) is 0 Å². The lowest BCUT2D eigenvalue weighted by atomic mass is 9.87. The Labute approximate surface area is 86.7 Å². The van der Waals surface area contributed by atoms with Crippen LogP contribution < -0.4 is 10.6 Å². The molecule has 0 amide bonds. The molecule has 0 radical (unpaired) electrons. The number of aromatic nitrogens is 1. The van der Waals surface area contributed by atoms with Gasteiger partial charge >= 0.3 is 0 Å². The Balaban J connectivity index is 1.88. The van der Waals surface area contributed by atoms with E-state index in [1.165, 1.54) is 0 Å². The van der Waals surface area contributed by atoms with Crippen molar-refractivity contribution in [3.05, 3.63) is 16.6 Å². The lowest BCUT2D eigenvalue weighted by Gasteiger charge is -2.49. The van der Waals surface area contributed by atoms with Crippen LogP contribution >= 0.6 is 11.3 Å². The fraction of sp³-hybridized carbons (Fsp3) is 0.667. The topological polar surface area (TPSA) is 46.2 Å². The van der Waals surface area contributed by atoms with E-state index in [9.17, 15) is 0 Å². The van der Waals surface area contributed by atoms with Crippen molar-refractivity contribution in [1.82, 2.24) is 15.6 Å². The van der Waals surface area contributed by atoms with Crippen LogP contribution in [0.1, 0.15) is 11.0 Å². The fourth-order valence-corrected chi connectivity index (χ4v) is 2.91. The molecule has 3 heterocycles. The zero-order valence-corrected chi connectivity index (χ0v) is 8.64. The van der Waals surface area contributed by atoms with E-state index in [0.29, 0.717) is 0 Å². The summed E-state index contributed by atoms with van der Waals surface area (Å²) in [6.45, 7) is 3.60. The summed E-state index contributed by atoms with van der Waals surface area (Å²) in [5.41, 5.74) is -0.0316. The third kappa shape index (κ3) is 1.20. The Bertz CT molecular complexity index is 310. The van der Waals surface area contributed by atoms with E-state index in [2.05, 4.69) is 15.6 Å². The maximum absolute atomic E-state index is 5.88. The van der Waals surface area contributed by atoms with Gasteiger partial charge in [-0.15, -0.1) is 11.3 Å². The minimum Gasteiger partial charge on any atom is -0.369 e. The molecule has 1 atom stereocenters. The largest absolute Gasteiger partial charge is 0.369 e. The van der Waals surface area contributed by atoms with Gasteiger partial charge < -0.3 is 15.4 Å². The quantitative estimate of drug-likeness (QED) is 0.694. The first-order valence-electron chi connectivity index (χ1n) is 4.88. The number of nitrogens with one attached hydrogen (secondary N) is 2. The highest BCUT2D eigenvalue weighted by Gasteiger charge is 2.48. The van der Waals surface area contributed by atoms with Crippen molar-refractivity contribution in [3.8, 4) is 0 Å². The highest BCUT2D eigenvalue weighted by atomic mass is 32.1. The van der Waals surface area contributed by atoms with Crippen molar-refractivity contribution < 1.29 is 4.74 Å². The molecule has 2 saturated heterocycles. The monoisotopic (exact) mass is 211 g/mol. The Morgan fingerprint density at radius 1 is 1.57 bits per heavy atom. The normalized spacial score (nSPS) is 30.1. The molecule has 1 aromatic rings. The molecule has 0 aromatic carbocycles. The Morgan fingerprint density at radius 2 is 2.50 bits per heavy atom. The first-order valence-corrected chi connectivity index (χ1v) is 5.76. The van der Waals surface area contributed by atoms with E-state index < -0.39 is 0 Å². The maximum Gasteiger partial charge on any atom is 0.115 e. The van der Waals surface area contributed by atoms with Crippen LogP contribution in [0, 0.1) is 0 Å². The van der Waals surface area contributed by atoms with E-state index in [-0.39, 0.29) is 11.6 Å². The van der Waals surface area contributed by atoms with Gasteiger partial charge in [0.05, 0.1) is 12.6 Å². The third-order valence-corrected chi connectivity index (χ3v) is 3.75. The van der Waals surface area contributed by atoms with Crippen LogP contribution in [0.25, 0.3) is 0 Å². The Kier molecular flexibility index (Phi) is 2.05. The molecule has 1 unspecified atom stereocenters. The molecule has 2 fully saturated rings. The summed E-state index contributed by atoms with van der Waals surface area (Å²) in [6, 6.07) is 0.275. The van der Waals surface area contributed by atoms with E-state index >= 15 is 0 Å². The van der Waals surface area contributed by atoms with E-state index in [1.807, 2.05) is 11.6 Å². The van der Waals surface area contributed by atoms with Crippen LogP contribution in [0.15, 0.2) is 11.6 Å². The van der Waals surface area contributed by atoms with Crippen molar-refractivity contribution in [3.63, 3.8) is 0 Å². The van der Waals surface area contributed by atoms with Gasteiger partial charge in [0.2, 0.25) is 0 Å². The number of hydrogen-bond acceptors (Lipinski definition) is 5. The number of rotatable bonds is 1. The summed E-state index contributed by atoms with van der Waals surface area (Å²) in [5, 5.41) is 9.94. The lowest BCUT2D eigenvalue weighted by Crippen LogP contribution is -2.69. The second-order valence-electron chi connectivity index (χ2n) is 3.77. The molecule has 2 aliphatic heterocycles. The summed E-state index contributed by atoms with van der Waals surface area (Å²) < 4.78 is 5.88. The fourth-order valence-electron chi connectivity index (χ4n) is 2.09. The minimum atomic E-state index is -0.0316. The van der Waals surface area contributed by atoms with Crippen LogP contribution in [-0.4, -0.2) is 36.8 Å². The third-order valence-electron chi connectivity index (χ3n) is 2.91. The summed E-state index contributed by atoms with van der Waals surface area (Å²) >= 11 is 1.70. The summed E-state index contributed by atoms with van der Waals surface area (Å²) in [5.74, 6) is 0. The average Bonchev–Trinajstić information content (AvgIpc) is 2.68. The summed E-state index contributed by atoms with van der Waals surface area (Å²) in [7, 11) is 0. The van der Waals surface area contributed by atoms with Gasteiger partial charge in [-0.2, -0.15) is 0 Å². The molecule has 76 valence electrons. The van der Waals surface area contributed by atoms with Gasteiger partial charge in [-0.1, -0.05) is 0 Å². The van der Waals surface area contributed by atoms with Crippen molar-refractivity contribution in [2.24, 2.45) is 0 Å². The molecule has 4 nitrogen and oxygen atoms in total. The SMILES string of the molecule is c1csc(C2NCCOC23CNC3)n1. The van der Waals surface area contributed by atoms with E-state index in [4.69, 9.17) is 4.74 Å². The highest BCUT2D eigenvalue weighted by Crippen LogP contribution is 2.35. The average molecular weight is 211 g/mol. The molecule has 1 spiro atoms. The van der Waals surface area contributed by atoms with Crippen molar-refractivity contribution in [1.29, 1.82) is 0 Å². The van der Waals surface area contributed by atoms with Gasteiger partial charge in [0.1, 0.15) is 10.6 Å². The van der Waals surface area contributed by atoms with Gasteiger partial charge in [0.25, 0.3) is 0 Å². The molecule has 2 aliphatic rings. The number of thiazole rings is 1. The maximum atomic E-state index is 5.88. The number of nitrogens with zero attached hydrogens (tertiary/aromatic N) is 1. The van der Waals surface area contributed by atoms with Crippen molar-refractivity contribution in [2.75, 3.05) is 26.2 Å². The molecule has 0 aliphatic carbocycles. The second-order valence-corrected chi connectivity index (χ2v) is 4.70. The molecule has 14 heavy (non-hydrogen) atoms. The highest BCUT2D eigenvalue weighted by molar-refractivity contribution is 7.09. The van der Waals surface area contributed by atoms with E-state index in [1.54, 1.807) is 11.3 Å². The van der Waals surface area contributed by atoms with Crippen LogP contribution in [0.4, 0.5) is 0 Å². The Hall–Kier alpha value is -0.490. The zero-order valence-electron chi connectivity index (χ0n) is 7.82. The molecule has 3 rings (SSSR count). The summed E-state index contributed by atoms with van der Waals surface area (Å²) in [4.78, 5) is 4.37. The van der Waals surface area contributed by atoms with Gasteiger partial charge in [-0.3, -0.25) is 0 Å². The number of hydrogen-bond donors (Lipinski definition) is 2. The summed E-state index contributed by atoms with van der Waals surface area (Å²) in [6.07, 6.45) is 1.86. The molecule has 0 saturated carbocycles. The van der Waals surface area contributed by atoms with Gasteiger partial charge in [0.15, 0.2) is 0 Å². The van der Waals surface area contributed by atoms with Crippen LogP contribution in [0.2, 0.25) is 0 Å². The smallest absolute Gasteiger partial charge is 0.115 e. The minimum absolute atomic E-state index is 0.0316. The molecule has 2 N–H and O–H groups in total. The zero-order chi connectivity index (χ0) is 9.43. The van der Waals surface area contributed by atoms with Gasteiger partial charge in [0, 0.05) is 31.2 Å². The lowest BCUT2D eigenvalue weighted by molar-refractivity contribution is -0.128. The van der Waals surface area contributed by atoms with Crippen molar-refractivity contribution >= 4 is 11.3 Å². The molecular weight excluding hydrogens is 198 g/mol. The second kappa shape index (κ2) is 3.27. The predicted molar refractivity (Wildman–Crippen MR) is 54.4 cm³/mol. The molecule has 0 bridgehead atoms. The van der Waals surface area contributed by atoms with Crippen molar-refractivity contribution in [2.45, 2.75) is 11.6 Å². The molecular formula is C9H13N3OS. The standard InChI is InChI=1S/C9H13N3OS/c1-3-13-9(5-10-6-9)7(11-1)8-12-2-4-14-8/h2,4,7,10-11H,1,3,5-6H2. The first kappa shape index (κ1) is 8.79. The van der Waals surface area contributed by atoms with E-state index in [0.717, 1.165) is 31.2 Å². The van der Waals surface area contributed by atoms with Gasteiger partial charge in [-0.05, 0) is 0 Å².